The fraction of sp³-hybridized carbons (Fsp3) is 0.667. The third kappa shape index (κ3) is 4.91. The highest BCUT2D eigenvalue weighted by Gasteiger charge is 2.10. The summed E-state index contributed by atoms with van der Waals surface area (Å²) >= 11 is 0. The van der Waals surface area contributed by atoms with Crippen molar-refractivity contribution in [1.82, 2.24) is 5.32 Å². The first kappa shape index (κ1) is 11.2. The van der Waals surface area contributed by atoms with Gasteiger partial charge in [0.25, 0.3) is 0 Å². The number of aliphatic hydroxyl groups excluding tert-OH is 1. The van der Waals surface area contributed by atoms with Crippen molar-refractivity contribution in [3.05, 3.63) is 12.7 Å². The van der Waals surface area contributed by atoms with Gasteiger partial charge in [0.2, 0.25) is 5.91 Å². The molecule has 0 radical (unpaired) electrons. The highest BCUT2D eigenvalue weighted by Crippen LogP contribution is 2.03. The van der Waals surface area contributed by atoms with Crippen molar-refractivity contribution in [2.24, 2.45) is 5.92 Å². The number of hydrogen-bond donors (Lipinski definition) is 2. The molecule has 0 aromatic heterocycles. The van der Waals surface area contributed by atoms with Crippen molar-refractivity contribution in [1.29, 1.82) is 0 Å². The van der Waals surface area contributed by atoms with Crippen LogP contribution in [0.5, 0.6) is 0 Å². The molecule has 0 unspecified atom stereocenters. The maximum absolute atomic E-state index is 10.8. The van der Waals surface area contributed by atoms with Crippen molar-refractivity contribution in [3.8, 4) is 0 Å². The number of rotatable bonds is 5. The molecule has 0 aliphatic heterocycles. The van der Waals surface area contributed by atoms with E-state index < -0.39 is 0 Å². The molecule has 1 atom stereocenters. The Balaban J connectivity index is 3.82. The highest BCUT2D eigenvalue weighted by molar-refractivity contribution is 5.87. The fourth-order valence-corrected chi connectivity index (χ4v) is 1.01. The Hall–Kier alpha value is -0.830. The van der Waals surface area contributed by atoms with E-state index in [0.717, 1.165) is 6.42 Å². The van der Waals surface area contributed by atoms with Gasteiger partial charge in [0.15, 0.2) is 0 Å². The van der Waals surface area contributed by atoms with Gasteiger partial charge in [0, 0.05) is 0 Å². The Labute approximate surface area is 73.5 Å². The van der Waals surface area contributed by atoms with Crippen LogP contribution in [-0.2, 0) is 4.79 Å². The summed E-state index contributed by atoms with van der Waals surface area (Å²) in [6.45, 7) is 7.41. The van der Waals surface area contributed by atoms with E-state index in [0.29, 0.717) is 5.92 Å². The van der Waals surface area contributed by atoms with Crippen molar-refractivity contribution < 1.29 is 9.90 Å². The maximum Gasteiger partial charge on any atom is 0.243 e. The number of carbonyl (C=O) groups excluding carboxylic acids is 1. The van der Waals surface area contributed by atoms with Crippen LogP contribution >= 0.6 is 0 Å². The van der Waals surface area contributed by atoms with E-state index in [1.54, 1.807) is 0 Å². The Bertz CT molecular complexity index is 155. The molecule has 0 saturated carbocycles. The van der Waals surface area contributed by atoms with Gasteiger partial charge in [-0.2, -0.15) is 0 Å². The van der Waals surface area contributed by atoms with E-state index in [-0.39, 0.29) is 18.6 Å². The largest absolute Gasteiger partial charge is 0.394 e. The van der Waals surface area contributed by atoms with Crippen LogP contribution in [0.25, 0.3) is 0 Å². The third-order valence-corrected chi connectivity index (χ3v) is 1.51. The van der Waals surface area contributed by atoms with E-state index >= 15 is 0 Å². The number of hydrogen-bond acceptors (Lipinski definition) is 2. The minimum atomic E-state index is -0.227. The summed E-state index contributed by atoms with van der Waals surface area (Å²) < 4.78 is 0. The standard InChI is InChI=1S/C9H17NO2/c1-4-9(12)10-8(6-11)5-7(2)3/h4,7-8,11H,1,5-6H2,2-3H3,(H,10,12)/t8-/m0/s1. The van der Waals surface area contributed by atoms with Crippen molar-refractivity contribution >= 4 is 5.91 Å². The molecule has 0 heterocycles. The number of amides is 1. The number of carbonyl (C=O) groups is 1. The van der Waals surface area contributed by atoms with Crippen LogP contribution in [0.15, 0.2) is 12.7 Å². The molecule has 0 fully saturated rings. The molecule has 0 bridgehead atoms. The van der Waals surface area contributed by atoms with Gasteiger partial charge >= 0.3 is 0 Å². The predicted octanol–water partition coefficient (Wildman–Crippen LogP) is 0.696. The molecule has 0 aromatic carbocycles. The zero-order valence-corrected chi connectivity index (χ0v) is 7.71. The molecule has 0 spiro atoms. The topological polar surface area (TPSA) is 49.3 Å². The van der Waals surface area contributed by atoms with Gasteiger partial charge in [0.1, 0.15) is 0 Å². The zero-order chi connectivity index (χ0) is 9.56. The second-order valence-corrected chi connectivity index (χ2v) is 3.22. The Kier molecular flexibility index (Phi) is 5.37. The van der Waals surface area contributed by atoms with Crippen LogP contribution < -0.4 is 5.32 Å². The average molecular weight is 171 g/mol. The summed E-state index contributed by atoms with van der Waals surface area (Å²) in [5, 5.41) is 11.5. The Morgan fingerprint density at radius 1 is 1.67 bits per heavy atom. The monoisotopic (exact) mass is 171 g/mol. The average Bonchev–Trinajstić information content (AvgIpc) is 2.02. The summed E-state index contributed by atoms with van der Waals surface area (Å²) in [6.07, 6.45) is 2.00. The fourth-order valence-electron chi connectivity index (χ4n) is 1.01. The third-order valence-electron chi connectivity index (χ3n) is 1.51. The van der Waals surface area contributed by atoms with Crippen LogP contribution in [0.3, 0.4) is 0 Å². The lowest BCUT2D eigenvalue weighted by atomic mass is 10.0. The predicted molar refractivity (Wildman–Crippen MR) is 48.7 cm³/mol. The lowest BCUT2D eigenvalue weighted by Crippen LogP contribution is -2.37. The molecule has 0 aliphatic rings. The van der Waals surface area contributed by atoms with Crippen molar-refractivity contribution in [3.63, 3.8) is 0 Å². The minimum Gasteiger partial charge on any atom is -0.394 e. The summed E-state index contributed by atoms with van der Waals surface area (Å²) in [4.78, 5) is 10.8. The first-order valence-electron chi connectivity index (χ1n) is 4.14. The molecule has 1 amide bonds. The summed E-state index contributed by atoms with van der Waals surface area (Å²) in [6, 6.07) is -0.143. The van der Waals surface area contributed by atoms with Crippen molar-refractivity contribution in [2.45, 2.75) is 26.3 Å². The molecule has 3 heteroatoms. The first-order valence-corrected chi connectivity index (χ1v) is 4.14. The molecule has 3 nitrogen and oxygen atoms in total. The molecule has 70 valence electrons. The number of aliphatic hydroxyl groups is 1. The van der Waals surface area contributed by atoms with Gasteiger partial charge < -0.3 is 10.4 Å². The first-order chi connectivity index (χ1) is 5.60. The summed E-state index contributed by atoms with van der Waals surface area (Å²) in [5.74, 6) is 0.238. The molecule has 0 aliphatic carbocycles. The second-order valence-electron chi connectivity index (χ2n) is 3.22. The second kappa shape index (κ2) is 5.77. The van der Waals surface area contributed by atoms with Gasteiger partial charge in [-0.3, -0.25) is 4.79 Å². The van der Waals surface area contributed by atoms with Crippen LogP contribution in [0, 0.1) is 5.92 Å². The van der Waals surface area contributed by atoms with Crippen LogP contribution in [0.4, 0.5) is 0 Å². The van der Waals surface area contributed by atoms with E-state index in [2.05, 4.69) is 11.9 Å². The van der Waals surface area contributed by atoms with Crippen molar-refractivity contribution in [2.75, 3.05) is 6.61 Å². The van der Waals surface area contributed by atoms with E-state index in [1.165, 1.54) is 6.08 Å². The summed E-state index contributed by atoms with van der Waals surface area (Å²) in [5.41, 5.74) is 0. The maximum atomic E-state index is 10.8. The normalized spacial score (nSPS) is 12.7. The van der Waals surface area contributed by atoms with E-state index in [9.17, 15) is 4.79 Å². The zero-order valence-electron chi connectivity index (χ0n) is 7.71. The van der Waals surface area contributed by atoms with Gasteiger partial charge in [-0.05, 0) is 18.4 Å². The molecule has 0 saturated heterocycles. The lowest BCUT2D eigenvalue weighted by Gasteiger charge is -2.16. The van der Waals surface area contributed by atoms with Gasteiger partial charge in [-0.25, -0.2) is 0 Å². The molecule has 0 aromatic rings. The minimum absolute atomic E-state index is 0.0161. The van der Waals surface area contributed by atoms with Gasteiger partial charge in [-0.15, -0.1) is 0 Å². The highest BCUT2D eigenvalue weighted by atomic mass is 16.3. The van der Waals surface area contributed by atoms with Gasteiger partial charge in [0.05, 0.1) is 12.6 Å². The molecule has 0 rings (SSSR count). The van der Waals surface area contributed by atoms with Crippen LogP contribution in [0.2, 0.25) is 0 Å². The summed E-state index contributed by atoms with van der Waals surface area (Å²) in [7, 11) is 0. The molecular weight excluding hydrogens is 154 g/mol. The molecular formula is C9H17NO2. The lowest BCUT2D eigenvalue weighted by molar-refractivity contribution is -0.117. The quantitative estimate of drug-likeness (QED) is 0.598. The Morgan fingerprint density at radius 2 is 2.25 bits per heavy atom. The van der Waals surface area contributed by atoms with E-state index in [1.807, 2.05) is 13.8 Å². The van der Waals surface area contributed by atoms with Crippen LogP contribution in [0.1, 0.15) is 20.3 Å². The smallest absolute Gasteiger partial charge is 0.243 e. The molecule has 2 N–H and O–H groups in total. The number of nitrogens with one attached hydrogen (secondary N) is 1. The molecule has 12 heavy (non-hydrogen) atoms. The van der Waals surface area contributed by atoms with E-state index in [4.69, 9.17) is 5.11 Å². The SMILES string of the molecule is C=CC(=O)N[C@H](CO)CC(C)C. The van der Waals surface area contributed by atoms with Gasteiger partial charge in [-0.1, -0.05) is 20.4 Å². The Morgan fingerprint density at radius 3 is 2.58 bits per heavy atom. The van der Waals surface area contributed by atoms with Crippen LogP contribution in [-0.4, -0.2) is 23.7 Å².